The van der Waals surface area contributed by atoms with E-state index in [0.717, 1.165) is 14.6 Å². The Hall–Kier alpha value is -0.610. The fraction of sp³-hybridized carbons (Fsp3) is 0. The molecule has 66 valence electrons. The smallest absolute Gasteiger partial charge is 0.0991 e. The van der Waals surface area contributed by atoms with Crippen LogP contribution in [0.3, 0.4) is 0 Å². The molecule has 1 aromatic carbocycles. The Labute approximate surface area is 92.9 Å². The number of aromatic nitrogens is 2. The van der Waals surface area contributed by atoms with E-state index in [1.807, 2.05) is 29.0 Å². The molecule has 0 atom stereocenters. The van der Waals surface area contributed by atoms with E-state index in [9.17, 15) is 0 Å². The van der Waals surface area contributed by atoms with Gasteiger partial charge in [0.15, 0.2) is 0 Å². The van der Waals surface area contributed by atoms with Crippen molar-refractivity contribution < 1.29 is 0 Å². The minimum absolute atomic E-state index is 1.05. The molecule has 0 saturated carbocycles. The molecule has 2 rings (SSSR count). The highest BCUT2D eigenvalue weighted by molar-refractivity contribution is 9.11. The van der Waals surface area contributed by atoms with Gasteiger partial charge >= 0.3 is 0 Å². The second-order valence-corrected chi connectivity index (χ2v) is 4.43. The zero-order valence-electron chi connectivity index (χ0n) is 6.61. The average Bonchev–Trinajstić information content (AvgIpc) is 2.53. The van der Waals surface area contributed by atoms with Gasteiger partial charge in [-0.3, -0.25) is 0 Å². The van der Waals surface area contributed by atoms with Gasteiger partial charge in [-0.05, 0) is 18.2 Å². The van der Waals surface area contributed by atoms with Crippen molar-refractivity contribution in [1.29, 1.82) is 0 Å². The van der Waals surface area contributed by atoms with Crippen molar-refractivity contribution >= 4 is 31.9 Å². The van der Waals surface area contributed by atoms with Crippen molar-refractivity contribution in [3.05, 3.63) is 45.9 Å². The summed E-state index contributed by atoms with van der Waals surface area (Å²) >= 11 is 6.87. The van der Waals surface area contributed by atoms with E-state index in [2.05, 4.69) is 36.8 Å². The predicted octanol–water partition coefficient (Wildman–Crippen LogP) is 3.40. The Morgan fingerprint density at radius 2 is 1.77 bits per heavy atom. The quantitative estimate of drug-likeness (QED) is 0.789. The minimum atomic E-state index is 1.05. The van der Waals surface area contributed by atoms with Crippen molar-refractivity contribution in [3.8, 4) is 5.69 Å². The molecule has 0 aliphatic rings. The van der Waals surface area contributed by atoms with Crippen LogP contribution in [0, 0.1) is 0 Å². The van der Waals surface area contributed by atoms with Gasteiger partial charge in [0.1, 0.15) is 0 Å². The van der Waals surface area contributed by atoms with E-state index >= 15 is 0 Å². The van der Waals surface area contributed by atoms with Gasteiger partial charge in [0, 0.05) is 27.0 Å². The van der Waals surface area contributed by atoms with E-state index in [4.69, 9.17) is 0 Å². The van der Waals surface area contributed by atoms with Crippen LogP contribution in [0.25, 0.3) is 5.69 Å². The molecule has 1 aromatic heterocycles. The lowest BCUT2D eigenvalue weighted by Crippen LogP contribution is -1.89. The second kappa shape index (κ2) is 3.64. The van der Waals surface area contributed by atoms with Crippen LogP contribution in [0.4, 0.5) is 0 Å². The number of nitrogens with zero attached hydrogens (tertiary/aromatic N) is 2. The molecular weight excluding hydrogens is 296 g/mol. The SMILES string of the molecule is Brc1cc(Br)cc(-n2ccnc2)c1. The van der Waals surface area contributed by atoms with Crippen LogP contribution in [0.5, 0.6) is 0 Å². The number of imidazole rings is 1. The lowest BCUT2D eigenvalue weighted by Gasteiger charge is -2.03. The van der Waals surface area contributed by atoms with Crippen LogP contribution in [0.2, 0.25) is 0 Å². The number of hydrogen-bond acceptors (Lipinski definition) is 1. The first-order valence-corrected chi connectivity index (χ1v) is 5.29. The van der Waals surface area contributed by atoms with Crippen molar-refractivity contribution in [2.24, 2.45) is 0 Å². The second-order valence-electron chi connectivity index (χ2n) is 2.60. The van der Waals surface area contributed by atoms with Gasteiger partial charge in [-0.1, -0.05) is 31.9 Å². The normalized spacial score (nSPS) is 10.3. The summed E-state index contributed by atoms with van der Waals surface area (Å²) in [5.41, 5.74) is 1.08. The first-order chi connectivity index (χ1) is 6.25. The number of rotatable bonds is 1. The van der Waals surface area contributed by atoms with Crippen LogP contribution in [0.1, 0.15) is 0 Å². The molecule has 2 nitrogen and oxygen atoms in total. The molecule has 0 bridgehead atoms. The molecule has 0 amide bonds. The Bertz CT molecular complexity index is 389. The zero-order chi connectivity index (χ0) is 9.26. The Balaban J connectivity index is 2.53. The summed E-state index contributed by atoms with van der Waals surface area (Å²) in [6.45, 7) is 0. The summed E-state index contributed by atoms with van der Waals surface area (Å²) < 4.78 is 4.05. The summed E-state index contributed by atoms with van der Waals surface area (Å²) in [5, 5.41) is 0. The lowest BCUT2D eigenvalue weighted by atomic mass is 10.3. The maximum absolute atomic E-state index is 3.99. The predicted molar refractivity (Wildman–Crippen MR) is 59.0 cm³/mol. The molecule has 0 aliphatic carbocycles. The van der Waals surface area contributed by atoms with Gasteiger partial charge in [-0.2, -0.15) is 0 Å². The van der Waals surface area contributed by atoms with E-state index in [0.29, 0.717) is 0 Å². The van der Waals surface area contributed by atoms with Crippen LogP contribution < -0.4 is 0 Å². The van der Waals surface area contributed by atoms with Gasteiger partial charge in [0.25, 0.3) is 0 Å². The highest BCUT2D eigenvalue weighted by Gasteiger charge is 1.98. The van der Waals surface area contributed by atoms with Gasteiger partial charge in [-0.25, -0.2) is 4.98 Å². The molecular formula is C9H6Br2N2. The molecule has 0 fully saturated rings. The van der Waals surface area contributed by atoms with E-state index in [1.54, 1.807) is 12.5 Å². The van der Waals surface area contributed by atoms with Crippen LogP contribution >= 0.6 is 31.9 Å². The van der Waals surface area contributed by atoms with E-state index in [1.165, 1.54) is 0 Å². The standard InChI is InChI=1S/C9H6Br2N2/c10-7-3-8(11)5-9(4-7)13-2-1-12-6-13/h1-6H. The van der Waals surface area contributed by atoms with E-state index in [-0.39, 0.29) is 0 Å². The van der Waals surface area contributed by atoms with Gasteiger partial charge in [-0.15, -0.1) is 0 Å². The fourth-order valence-electron chi connectivity index (χ4n) is 1.10. The van der Waals surface area contributed by atoms with Gasteiger partial charge < -0.3 is 4.57 Å². The molecule has 0 aliphatic heterocycles. The van der Waals surface area contributed by atoms with Crippen LogP contribution in [0.15, 0.2) is 45.9 Å². The highest BCUT2D eigenvalue weighted by atomic mass is 79.9. The number of benzene rings is 1. The Morgan fingerprint density at radius 1 is 1.08 bits per heavy atom. The summed E-state index contributed by atoms with van der Waals surface area (Å²) in [6.07, 6.45) is 5.44. The molecule has 1 heterocycles. The highest BCUT2D eigenvalue weighted by Crippen LogP contribution is 2.22. The third-order valence-electron chi connectivity index (χ3n) is 1.65. The summed E-state index contributed by atoms with van der Waals surface area (Å²) in [4.78, 5) is 3.99. The first-order valence-electron chi connectivity index (χ1n) is 3.70. The molecule has 0 saturated heterocycles. The monoisotopic (exact) mass is 300 g/mol. The van der Waals surface area contributed by atoms with Gasteiger partial charge in [0.05, 0.1) is 6.33 Å². The molecule has 13 heavy (non-hydrogen) atoms. The number of hydrogen-bond donors (Lipinski definition) is 0. The molecule has 0 spiro atoms. The Morgan fingerprint density at radius 3 is 2.31 bits per heavy atom. The Kier molecular flexibility index (Phi) is 2.51. The minimum Gasteiger partial charge on any atom is -0.306 e. The van der Waals surface area contributed by atoms with Crippen LogP contribution in [-0.4, -0.2) is 9.55 Å². The third kappa shape index (κ3) is 2.00. The summed E-state index contributed by atoms with van der Waals surface area (Å²) in [6, 6.07) is 6.07. The van der Waals surface area contributed by atoms with Gasteiger partial charge in [0.2, 0.25) is 0 Å². The van der Waals surface area contributed by atoms with Crippen LogP contribution in [-0.2, 0) is 0 Å². The largest absolute Gasteiger partial charge is 0.306 e. The molecule has 0 radical (unpaired) electrons. The van der Waals surface area contributed by atoms with Crippen molar-refractivity contribution in [1.82, 2.24) is 9.55 Å². The molecule has 0 unspecified atom stereocenters. The van der Waals surface area contributed by atoms with E-state index < -0.39 is 0 Å². The third-order valence-corrected chi connectivity index (χ3v) is 2.57. The molecule has 4 heteroatoms. The first kappa shape index (κ1) is 8.97. The summed E-state index contributed by atoms with van der Waals surface area (Å²) in [5.74, 6) is 0. The summed E-state index contributed by atoms with van der Waals surface area (Å²) in [7, 11) is 0. The molecule has 0 N–H and O–H groups in total. The maximum Gasteiger partial charge on any atom is 0.0991 e. The lowest BCUT2D eigenvalue weighted by molar-refractivity contribution is 1.05. The molecule has 2 aromatic rings. The van der Waals surface area contributed by atoms with Crippen molar-refractivity contribution in [3.63, 3.8) is 0 Å². The van der Waals surface area contributed by atoms with Crippen molar-refractivity contribution in [2.75, 3.05) is 0 Å². The zero-order valence-corrected chi connectivity index (χ0v) is 9.79. The topological polar surface area (TPSA) is 17.8 Å². The number of halogens is 2. The average molecular weight is 302 g/mol. The maximum atomic E-state index is 3.99. The fourth-order valence-corrected chi connectivity index (χ4v) is 2.37. The van der Waals surface area contributed by atoms with Crippen molar-refractivity contribution in [2.45, 2.75) is 0 Å².